The van der Waals surface area contributed by atoms with Gasteiger partial charge in [-0.25, -0.2) is 0 Å². The first-order chi connectivity index (χ1) is 8.91. The predicted molar refractivity (Wildman–Crippen MR) is 76.8 cm³/mol. The number of carbonyl (C=O) groups excluding carboxylic acids is 1. The van der Waals surface area contributed by atoms with Crippen molar-refractivity contribution < 1.29 is 14.6 Å². The maximum absolute atomic E-state index is 11.5. The summed E-state index contributed by atoms with van der Waals surface area (Å²) in [5.41, 5.74) is -0.415. The van der Waals surface area contributed by atoms with Gasteiger partial charge in [-0.05, 0) is 58.8 Å². The Morgan fingerprint density at radius 2 is 1.84 bits per heavy atom. The highest BCUT2D eigenvalue weighted by molar-refractivity contribution is 5.75. The molecule has 1 aliphatic rings. The molecule has 112 valence electrons. The number of ether oxygens (including phenoxy) is 1. The molecular weight excluding hydrogens is 240 g/mol. The van der Waals surface area contributed by atoms with E-state index in [2.05, 4.69) is 0 Å². The van der Waals surface area contributed by atoms with Gasteiger partial charge in [0.15, 0.2) is 0 Å². The molecule has 19 heavy (non-hydrogen) atoms. The van der Waals surface area contributed by atoms with Gasteiger partial charge in [-0.15, -0.1) is 0 Å². The Labute approximate surface area is 117 Å². The standard InChI is InChI=1S/C16H30O3/c1-16(2,3)15(18)19-12-8-7-11-14(17)13-9-5-4-6-10-13/h13-14,17H,4-12H2,1-3H3/t14-/m0/s1. The first kappa shape index (κ1) is 16.5. The van der Waals surface area contributed by atoms with Gasteiger partial charge < -0.3 is 9.84 Å². The minimum atomic E-state index is -0.415. The van der Waals surface area contributed by atoms with Crippen molar-refractivity contribution in [1.29, 1.82) is 0 Å². The summed E-state index contributed by atoms with van der Waals surface area (Å²) in [5.74, 6) is 0.367. The van der Waals surface area contributed by atoms with Crippen LogP contribution in [-0.4, -0.2) is 23.8 Å². The van der Waals surface area contributed by atoms with E-state index in [0.29, 0.717) is 12.5 Å². The van der Waals surface area contributed by atoms with Crippen LogP contribution in [0.4, 0.5) is 0 Å². The fourth-order valence-electron chi connectivity index (χ4n) is 2.59. The molecule has 0 aliphatic heterocycles. The van der Waals surface area contributed by atoms with Gasteiger partial charge in [0.25, 0.3) is 0 Å². The van der Waals surface area contributed by atoms with E-state index in [1.54, 1.807) is 0 Å². The van der Waals surface area contributed by atoms with Crippen LogP contribution in [0.1, 0.15) is 72.1 Å². The molecule has 1 atom stereocenters. The Balaban J connectivity index is 2.05. The number of aliphatic hydroxyl groups excluding tert-OH is 1. The Morgan fingerprint density at radius 3 is 2.42 bits per heavy atom. The van der Waals surface area contributed by atoms with Crippen molar-refractivity contribution in [2.45, 2.75) is 78.2 Å². The average molecular weight is 270 g/mol. The van der Waals surface area contributed by atoms with E-state index in [9.17, 15) is 9.90 Å². The molecule has 0 aromatic carbocycles. The maximum atomic E-state index is 11.5. The molecule has 0 bridgehead atoms. The van der Waals surface area contributed by atoms with Gasteiger partial charge in [0, 0.05) is 0 Å². The maximum Gasteiger partial charge on any atom is 0.311 e. The Bertz CT molecular complexity index is 262. The largest absolute Gasteiger partial charge is 0.465 e. The lowest BCUT2D eigenvalue weighted by molar-refractivity contribution is -0.153. The van der Waals surface area contributed by atoms with Crippen molar-refractivity contribution in [3.05, 3.63) is 0 Å². The summed E-state index contributed by atoms with van der Waals surface area (Å²) in [6.07, 6.45) is 8.71. The van der Waals surface area contributed by atoms with Crippen molar-refractivity contribution in [3.63, 3.8) is 0 Å². The van der Waals surface area contributed by atoms with Gasteiger partial charge in [0.2, 0.25) is 0 Å². The molecule has 3 nitrogen and oxygen atoms in total. The van der Waals surface area contributed by atoms with Crippen LogP contribution in [0.5, 0.6) is 0 Å². The van der Waals surface area contributed by atoms with E-state index in [-0.39, 0.29) is 12.1 Å². The quantitative estimate of drug-likeness (QED) is 0.591. The minimum absolute atomic E-state index is 0.139. The van der Waals surface area contributed by atoms with Crippen LogP contribution in [-0.2, 0) is 9.53 Å². The second-order valence-corrected chi connectivity index (χ2v) is 6.85. The third kappa shape index (κ3) is 6.42. The highest BCUT2D eigenvalue weighted by Crippen LogP contribution is 2.28. The van der Waals surface area contributed by atoms with Crippen LogP contribution >= 0.6 is 0 Å². The molecule has 0 aromatic rings. The molecule has 1 N–H and O–H groups in total. The first-order valence-corrected chi connectivity index (χ1v) is 7.76. The molecular formula is C16H30O3. The molecule has 0 amide bonds. The molecule has 0 saturated heterocycles. The van der Waals surface area contributed by atoms with Gasteiger partial charge in [-0.3, -0.25) is 4.79 Å². The number of esters is 1. The van der Waals surface area contributed by atoms with E-state index in [4.69, 9.17) is 4.74 Å². The molecule has 1 fully saturated rings. The van der Waals surface area contributed by atoms with Crippen LogP contribution < -0.4 is 0 Å². The normalized spacial score (nSPS) is 19.2. The van der Waals surface area contributed by atoms with Crippen LogP contribution in [0.25, 0.3) is 0 Å². The highest BCUT2D eigenvalue weighted by atomic mass is 16.5. The first-order valence-electron chi connectivity index (χ1n) is 7.76. The molecule has 0 spiro atoms. The Hall–Kier alpha value is -0.570. The third-order valence-corrected chi connectivity index (χ3v) is 3.93. The second kappa shape index (κ2) is 7.88. The number of hydrogen-bond donors (Lipinski definition) is 1. The predicted octanol–water partition coefficient (Wildman–Crippen LogP) is 3.69. The fourth-order valence-corrected chi connectivity index (χ4v) is 2.59. The lowest BCUT2D eigenvalue weighted by atomic mass is 9.83. The van der Waals surface area contributed by atoms with Gasteiger partial charge in [0.05, 0.1) is 18.1 Å². The Morgan fingerprint density at radius 1 is 1.21 bits per heavy atom. The lowest BCUT2D eigenvalue weighted by Gasteiger charge is -2.26. The average Bonchev–Trinajstić information content (AvgIpc) is 2.37. The molecule has 0 heterocycles. The summed E-state index contributed by atoms with van der Waals surface area (Å²) in [4.78, 5) is 11.5. The molecule has 1 saturated carbocycles. The van der Waals surface area contributed by atoms with Gasteiger partial charge in [-0.1, -0.05) is 19.3 Å². The smallest absolute Gasteiger partial charge is 0.311 e. The number of rotatable bonds is 6. The van der Waals surface area contributed by atoms with Crippen molar-refractivity contribution in [3.8, 4) is 0 Å². The van der Waals surface area contributed by atoms with Gasteiger partial charge in [0.1, 0.15) is 0 Å². The van der Waals surface area contributed by atoms with Gasteiger partial charge in [-0.2, -0.15) is 0 Å². The Kier molecular flexibility index (Phi) is 6.84. The molecule has 0 aromatic heterocycles. The van der Waals surface area contributed by atoms with E-state index in [1.807, 2.05) is 20.8 Å². The van der Waals surface area contributed by atoms with Gasteiger partial charge >= 0.3 is 5.97 Å². The van der Waals surface area contributed by atoms with Crippen molar-refractivity contribution in [2.75, 3.05) is 6.61 Å². The highest BCUT2D eigenvalue weighted by Gasteiger charge is 2.23. The molecule has 1 aliphatic carbocycles. The zero-order chi connectivity index (χ0) is 14.3. The summed E-state index contributed by atoms with van der Waals surface area (Å²) in [6, 6.07) is 0. The minimum Gasteiger partial charge on any atom is -0.465 e. The van der Waals surface area contributed by atoms with E-state index < -0.39 is 5.41 Å². The molecule has 3 heteroatoms. The summed E-state index contributed by atoms with van der Waals surface area (Å²) in [5, 5.41) is 10.1. The fraction of sp³-hybridized carbons (Fsp3) is 0.938. The zero-order valence-electron chi connectivity index (χ0n) is 12.8. The number of hydrogen-bond acceptors (Lipinski definition) is 3. The third-order valence-electron chi connectivity index (χ3n) is 3.93. The van der Waals surface area contributed by atoms with Crippen LogP contribution in [0.15, 0.2) is 0 Å². The molecule has 1 rings (SSSR count). The number of unbranched alkanes of at least 4 members (excludes halogenated alkanes) is 1. The molecule has 0 unspecified atom stereocenters. The summed E-state index contributed by atoms with van der Waals surface area (Å²) < 4.78 is 5.21. The van der Waals surface area contributed by atoms with Crippen molar-refractivity contribution in [1.82, 2.24) is 0 Å². The molecule has 0 radical (unpaired) electrons. The van der Waals surface area contributed by atoms with E-state index >= 15 is 0 Å². The van der Waals surface area contributed by atoms with Crippen LogP contribution in [0.3, 0.4) is 0 Å². The SMILES string of the molecule is CC(C)(C)C(=O)OCCCC[C@H](O)C1CCCCC1. The number of aliphatic hydroxyl groups is 1. The van der Waals surface area contributed by atoms with Crippen molar-refractivity contribution in [2.24, 2.45) is 11.3 Å². The summed E-state index contributed by atoms with van der Waals surface area (Å²) >= 11 is 0. The number of carbonyl (C=O) groups is 1. The zero-order valence-corrected chi connectivity index (χ0v) is 12.8. The van der Waals surface area contributed by atoms with Crippen LogP contribution in [0, 0.1) is 11.3 Å². The van der Waals surface area contributed by atoms with E-state index in [0.717, 1.165) is 19.3 Å². The summed E-state index contributed by atoms with van der Waals surface area (Å²) in [6.45, 7) is 6.07. The van der Waals surface area contributed by atoms with Crippen molar-refractivity contribution >= 4 is 5.97 Å². The lowest BCUT2D eigenvalue weighted by Crippen LogP contribution is -2.24. The topological polar surface area (TPSA) is 46.5 Å². The second-order valence-electron chi connectivity index (χ2n) is 6.85. The van der Waals surface area contributed by atoms with Crippen LogP contribution in [0.2, 0.25) is 0 Å². The summed E-state index contributed by atoms with van der Waals surface area (Å²) in [7, 11) is 0. The monoisotopic (exact) mass is 270 g/mol. The van der Waals surface area contributed by atoms with E-state index in [1.165, 1.54) is 32.1 Å².